The van der Waals surface area contributed by atoms with E-state index >= 15 is 0 Å². The van der Waals surface area contributed by atoms with Gasteiger partial charge in [-0.2, -0.15) is 0 Å². The maximum absolute atomic E-state index is 13.7. The van der Waals surface area contributed by atoms with Crippen LogP contribution < -0.4 is 10.5 Å². The Labute approximate surface area is 112 Å². The second-order valence-electron chi connectivity index (χ2n) is 5.02. The Morgan fingerprint density at radius 1 is 1.33 bits per heavy atom. The van der Waals surface area contributed by atoms with Crippen molar-refractivity contribution in [2.24, 2.45) is 5.73 Å². The lowest BCUT2D eigenvalue weighted by Gasteiger charge is -2.37. The molecule has 2 rings (SSSR count). The Kier molecular flexibility index (Phi) is 4.13. The number of hydrogen-bond acceptors (Lipinski definition) is 2. The van der Waals surface area contributed by atoms with E-state index < -0.39 is 5.82 Å². The van der Waals surface area contributed by atoms with Crippen molar-refractivity contribution < 1.29 is 9.13 Å². The van der Waals surface area contributed by atoms with Crippen molar-refractivity contribution in [1.82, 2.24) is 0 Å². The molecule has 0 aliphatic heterocycles. The highest BCUT2D eigenvalue weighted by molar-refractivity contribution is 6.31. The average molecular weight is 272 g/mol. The van der Waals surface area contributed by atoms with Crippen molar-refractivity contribution in [3.63, 3.8) is 0 Å². The standard InChI is InChI=1S/C14H19ClFNO/c1-18-12-8-10(7-11(15)13(12)16)14(9-17)5-3-2-4-6-14/h7-8H,2-6,9,17H2,1H3. The maximum Gasteiger partial charge on any atom is 0.183 e. The Bertz CT molecular complexity index is 430. The fraction of sp³-hybridized carbons (Fsp3) is 0.571. The lowest BCUT2D eigenvalue weighted by atomic mass is 9.69. The molecule has 0 radical (unpaired) electrons. The Hall–Kier alpha value is -0.800. The fourth-order valence-electron chi connectivity index (χ4n) is 2.86. The van der Waals surface area contributed by atoms with Gasteiger partial charge in [-0.1, -0.05) is 30.9 Å². The molecular formula is C14H19ClFNO. The lowest BCUT2D eigenvalue weighted by molar-refractivity contribution is 0.298. The molecule has 0 atom stereocenters. The smallest absolute Gasteiger partial charge is 0.183 e. The number of rotatable bonds is 3. The maximum atomic E-state index is 13.7. The zero-order valence-electron chi connectivity index (χ0n) is 10.6. The number of nitrogens with two attached hydrogens (primary N) is 1. The zero-order chi connectivity index (χ0) is 13.2. The largest absolute Gasteiger partial charge is 0.494 e. The van der Waals surface area contributed by atoms with E-state index in [1.165, 1.54) is 13.5 Å². The predicted molar refractivity (Wildman–Crippen MR) is 71.8 cm³/mol. The molecule has 1 aliphatic carbocycles. The van der Waals surface area contributed by atoms with Crippen LogP contribution in [0.25, 0.3) is 0 Å². The molecule has 0 heterocycles. The quantitative estimate of drug-likeness (QED) is 0.911. The van der Waals surface area contributed by atoms with Gasteiger partial charge < -0.3 is 10.5 Å². The van der Waals surface area contributed by atoms with Gasteiger partial charge in [-0.25, -0.2) is 4.39 Å². The van der Waals surface area contributed by atoms with Crippen molar-refractivity contribution in [1.29, 1.82) is 0 Å². The molecular weight excluding hydrogens is 253 g/mol. The summed E-state index contributed by atoms with van der Waals surface area (Å²) in [5, 5.41) is 0.114. The summed E-state index contributed by atoms with van der Waals surface area (Å²) in [6, 6.07) is 3.46. The van der Waals surface area contributed by atoms with E-state index in [0.717, 1.165) is 31.2 Å². The van der Waals surface area contributed by atoms with Gasteiger partial charge in [0.05, 0.1) is 12.1 Å². The Balaban J connectivity index is 2.45. The third kappa shape index (κ3) is 2.34. The summed E-state index contributed by atoms with van der Waals surface area (Å²) in [6.45, 7) is 0.568. The highest BCUT2D eigenvalue weighted by Crippen LogP contribution is 2.41. The second kappa shape index (κ2) is 5.45. The highest BCUT2D eigenvalue weighted by Gasteiger charge is 2.33. The monoisotopic (exact) mass is 271 g/mol. The van der Waals surface area contributed by atoms with Gasteiger partial charge in [0.2, 0.25) is 0 Å². The van der Waals surface area contributed by atoms with Crippen LogP contribution in [0.2, 0.25) is 5.02 Å². The van der Waals surface area contributed by atoms with Gasteiger partial charge in [-0.05, 0) is 30.5 Å². The van der Waals surface area contributed by atoms with Crippen molar-refractivity contribution in [3.8, 4) is 5.75 Å². The summed E-state index contributed by atoms with van der Waals surface area (Å²) in [5.41, 5.74) is 6.91. The van der Waals surface area contributed by atoms with Crippen molar-refractivity contribution in [2.45, 2.75) is 37.5 Å². The lowest BCUT2D eigenvalue weighted by Crippen LogP contribution is -2.37. The minimum Gasteiger partial charge on any atom is -0.494 e. The second-order valence-corrected chi connectivity index (χ2v) is 5.43. The Morgan fingerprint density at radius 3 is 2.56 bits per heavy atom. The summed E-state index contributed by atoms with van der Waals surface area (Å²) in [6.07, 6.45) is 5.64. The molecule has 0 saturated heterocycles. The molecule has 100 valence electrons. The summed E-state index contributed by atoms with van der Waals surface area (Å²) < 4.78 is 18.7. The molecule has 1 aromatic carbocycles. The molecule has 0 unspecified atom stereocenters. The molecule has 2 N–H and O–H groups in total. The van der Waals surface area contributed by atoms with Crippen LogP contribution in [0, 0.1) is 5.82 Å². The molecule has 1 aliphatic rings. The number of hydrogen-bond donors (Lipinski definition) is 1. The molecule has 0 bridgehead atoms. The van der Waals surface area contributed by atoms with E-state index in [2.05, 4.69) is 0 Å². The van der Waals surface area contributed by atoms with E-state index in [0.29, 0.717) is 6.54 Å². The number of ether oxygens (including phenoxy) is 1. The summed E-state index contributed by atoms with van der Waals surface area (Å²) in [5.74, 6) is -0.290. The van der Waals surface area contributed by atoms with Gasteiger partial charge in [-0.3, -0.25) is 0 Å². The summed E-state index contributed by atoms with van der Waals surface area (Å²) in [4.78, 5) is 0. The van der Waals surface area contributed by atoms with Crippen LogP contribution in [0.1, 0.15) is 37.7 Å². The molecule has 18 heavy (non-hydrogen) atoms. The molecule has 1 fully saturated rings. The van der Waals surface area contributed by atoms with Gasteiger partial charge in [0.15, 0.2) is 11.6 Å². The van der Waals surface area contributed by atoms with Crippen LogP contribution in [-0.2, 0) is 5.41 Å². The molecule has 1 saturated carbocycles. The minimum atomic E-state index is -0.495. The van der Waals surface area contributed by atoms with Gasteiger partial charge in [-0.15, -0.1) is 0 Å². The van der Waals surface area contributed by atoms with E-state index in [1.807, 2.05) is 0 Å². The van der Waals surface area contributed by atoms with E-state index in [9.17, 15) is 4.39 Å². The van der Waals surface area contributed by atoms with Crippen molar-refractivity contribution in [2.75, 3.05) is 13.7 Å². The molecule has 0 amide bonds. The minimum absolute atomic E-state index is 0.0666. The summed E-state index contributed by atoms with van der Waals surface area (Å²) in [7, 11) is 1.45. The van der Waals surface area contributed by atoms with Crippen LogP contribution in [0.4, 0.5) is 4.39 Å². The zero-order valence-corrected chi connectivity index (χ0v) is 11.4. The fourth-order valence-corrected chi connectivity index (χ4v) is 3.07. The molecule has 4 heteroatoms. The van der Waals surface area contributed by atoms with E-state index in [1.54, 1.807) is 12.1 Å². The topological polar surface area (TPSA) is 35.2 Å². The van der Waals surface area contributed by atoms with Crippen LogP contribution >= 0.6 is 11.6 Å². The van der Waals surface area contributed by atoms with E-state index in [-0.39, 0.29) is 16.2 Å². The molecule has 1 aromatic rings. The number of halogens is 2. The molecule has 0 aromatic heterocycles. The van der Waals surface area contributed by atoms with Crippen LogP contribution in [0.5, 0.6) is 5.75 Å². The van der Waals surface area contributed by atoms with Crippen molar-refractivity contribution >= 4 is 11.6 Å². The first-order valence-electron chi connectivity index (χ1n) is 6.36. The number of methoxy groups -OCH3 is 1. The van der Waals surface area contributed by atoms with Crippen LogP contribution in [0.3, 0.4) is 0 Å². The SMILES string of the molecule is COc1cc(C2(CN)CCCCC2)cc(Cl)c1F. The third-order valence-corrected chi connectivity index (χ3v) is 4.30. The van der Waals surface area contributed by atoms with Gasteiger partial charge in [0.1, 0.15) is 0 Å². The van der Waals surface area contributed by atoms with Crippen LogP contribution in [0.15, 0.2) is 12.1 Å². The van der Waals surface area contributed by atoms with E-state index in [4.69, 9.17) is 22.1 Å². The van der Waals surface area contributed by atoms with Gasteiger partial charge in [0, 0.05) is 12.0 Å². The third-order valence-electron chi connectivity index (χ3n) is 4.03. The number of benzene rings is 1. The first kappa shape index (κ1) is 13.6. The first-order valence-corrected chi connectivity index (χ1v) is 6.74. The highest BCUT2D eigenvalue weighted by atomic mass is 35.5. The molecule has 2 nitrogen and oxygen atoms in total. The van der Waals surface area contributed by atoms with Crippen molar-refractivity contribution in [3.05, 3.63) is 28.5 Å². The van der Waals surface area contributed by atoms with Crippen LogP contribution in [-0.4, -0.2) is 13.7 Å². The summed E-state index contributed by atoms with van der Waals surface area (Å²) >= 11 is 5.94. The predicted octanol–water partition coefficient (Wildman–Crippen LogP) is 3.65. The Morgan fingerprint density at radius 2 is 2.00 bits per heavy atom. The average Bonchev–Trinajstić information content (AvgIpc) is 2.42. The van der Waals surface area contributed by atoms with Gasteiger partial charge in [0.25, 0.3) is 0 Å². The normalized spacial score (nSPS) is 18.7. The van der Waals surface area contributed by atoms with Gasteiger partial charge >= 0.3 is 0 Å². The molecule has 0 spiro atoms. The first-order chi connectivity index (χ1) is 8.63.